The summed E-state index contributed by atoms with van der Waals surface area (Å²) < 4.78 is 1.44. The zero-order valence-corrected chi connectivity index (χ0v) is 14.0. The lowest BCUT2D eigenvalue weighted by molar-refractivity contribution is 0.0690. The minimum absolute atomic E-state index is 0.0364. The second kappa shape index (κ2) is 6.36. The SMILES string of the molecule is Cc1cc(Br)c(NC(=O)c2cccc(C(=O)O)n2)c(Br)c1. The van der Waals surface area contributed by atoms with E-state index < -0.39 is 11.9 Å². The average molecular weight is 414 g/mol. The molecule has 0 saturated carbocycles. The van der Waals surface area contributed by atoms with Crippen molar-refractivity contribution < 1.29 is 14.7 Å². The first-order valence-corrected chi connectivity index (χ1v) is 7.44. The highest BCUT2D eigenvalue weighted by Crippen LogP contribution is 2.32. The summed E-state index contributed by atoms with van der Waals surface area (Å²) >= 11 is 6.75. The number of rotatable bonds is 3. The molecule has 1 aromatic heterocycles. The topological polar surface area (TPSA) is 79.3 Å². The van der Waals surface area contributed by atoms with E-state index in [0.29, 0.717) is 5.69 Å². The van der Waals surface area contributed by atoms with Gasteiger partial charge in [0.15, 0.2) is 0 Å². The van der Waals surface area contributed by atoms with Crippen molar-refractivity contribution >= 4 is 49.4 Å². The van der Waals surface area contributed by atoms with Crippen molar-refractivity contribution in [2.24, 2.45) is 0 Å². The third-order valence-electron chi connectivity index (χ3n) is 2.63. The maximum absolute atomic E-state index is 12.2. The summed E-state index contributed by atoms with van der Waals surface area (Å²) in [5.41, 5.74) is 1.45. The molecular formula is C14H10Br2N2O3. The Labute approximate surface area is 137 Å². The van der Waals surface area contributed by atoms with E-state index in [1.807, 2.05) is 19.1 Å². The molecule has 0 aliphatic rings. The molecule has 0 saturated heterocycles. The first kappa shape index (κ1) is 15.7. The van der Waals surface area contributed by atoms with Gasteiger partial charge in [-0.2, -0.15) is 0 Å². The number of anilines is 1. The number of aromatic nitrogens is 1. The van der Waals surface area contributed by atoms with Crippen LogP contribution in [0.2, 0.25) is 0 Å². The van der Waals surface area contributed by atoms with Crippen molar-refractivity contribution in [1.29, 1.82) is 0 Å². The molecule has 0 fully saturated rings. The molecular weight excluding hydrogens is 404 g/mol. The van der Waals surface area contributed by atoms with Gasteiger partial charge in [0.05, 0.1) is 5.69 Å². The molecule has 0 unspecified atom stereocenters. The van der Waals surface area contributed by atoms with E-state index >= 15 is 0 Å². The Kier molecular flexibility index (Phi) is 4.74. The molecule has 21 heavy (non-hydrogen) atoms. The molecule has 0 aliphatic carbocycles. The van der Waals surface area contributed by atoms with E-state index in [4.69, 9.17) is 5.11 Å². The van der Waals surface area contributed by atoms with Gasteiger partial charge in [0.25, 0.3) is 5.91 Å². The standard InChI is InChI=1S/C14H10Br2N2O3/c1-7-5-8(15)12(9(16)6-7)18-13(19)10-3-2-4-11(17-10)14(20)21/h2-6H,1H3,(H,18,19)(H,20,21). The number of nitrogens with one attached hydrogen (secondary N) is 1. The van der Waals surface area contributed by atoms with Crippen molar-refractivity contribution in [3.63, 3.8) is 0 Å². The normalized spacial score (nSPS) is 10.2. The number of carbonyl (C=O) groups excluding carboxylic acids is 1. The van der Waals surface area contributed by atoms with Gasteiger partial charge >= 0.3 is 5.97 Å². The van der Waals surface area contributed by atoms with Crippen LogP contribution in [0.1, 0.15) is 26.5 Å². The van der Waals surface area contributed by atoms with Crippen LogP contribution in [0.3, 0.4) is 0 Å². The van der Waals surface area contributed by atoms with Crippen molar-refractivity contribution in [2.45, 2.75) is 6.92 Å². The van der Waals surface area contributed by atoms with E-state index in [2.05, 4.69) is 42.2 Å². The van der Waals surface area contributed by atoms with E-state index in [1.54, 1.807) is 0 Å². The number of nitrogens with zero attached hydrogens (tertiary/aromatic N) is 1. The predicted molar refractivity (Wildman–Crippen MR) is 85.7 cm³/mol. The fourth-order valence-electron chi connectivity index (χ4n) is 1.68. The maximum Gasteiger partial charge on any atom is 0.354 e. The van der Waals surface area contributed by atoms with Gasteiger partial charge in [0, 0.05) is 8.95 Å². The number of halogens is 2. The molecule has 0 radical (unpaired) electrons. The van der Waals surface area contributed by atoms with Crippen LogP contribution >= 0.6 is 31.9 Å². The molecule has 0 atom stereocenters. The molecule has 7 heteroatoms. The van der Waals surface area contributed by atoms with Crippen molar-refractivity contribution in [3.05, 3.63) is 56.2 Å². The summed E-state index contributed by atoms with van der Waals surface area (Å²) in [6, 6.07) is 7.99. The van der Waals surface area contributed by atoms with Crippen molar-refractivity contribution in [1.82, 2.24) is 4.98 Å². The lowest BCUT2D eigenvalue weighted by Crippen LogP contribution is -2.16. The molecule has 1 heterocycles. The summed E-state index contributed by atoms with van der Waals surface area (Å²) in [7, 11) is 0. The summed E-state index contributed by atoms with van der Waals surface area (Å²) in [4.78, 5) is 26.8. The smallest absolute Gasteiger partial charge is 0.354 e. The largest absolute Gasteiger partial charge is 0.477 e. The minimum atomic E-state index is -1.18. The lowest BCUT2D eigenvalue weighted by atomic mass is 10.2. The van der Waals surface area contributed by atoms with Crippen LogP contribution in [-0.2, 0) is 0 Å². The van der Waals surface area contributed by atoms with Crippen LogP contribution in [0.4, 0.5) is 5.69 Å². The van der Waals surface area contributed by atoms with Gasteiger partial charge in [0.1, 0.15) is 11.4 Å². The second-order valence-electron chi connectivity index (χ2n) is 4.27. The highest BCUT2D eigenvalue weighted by atomic mass is 79.9. The van der Waals surface area contributed by atoms with Gasteiger partial charge in [-0.3, -0.25) is 4.79 Å². The quantitative estimate of drug-likeness (QED) is 0.800. The van der Waals surface area contributed by atoms with Crippen molar-refractivity contribution in [3.8, 4) is 0 Å². The number of carboxylic acids is 1. The third kappa shape index (κ3) is 3.68. The van der Waals surface area contributed by atoms with Crippen molar-refractivity contribution in [2.75, 3.05) is 5.32 Å². The van der Waals surface area contributed by atoms with Gasteiger partial charge in [-0.1, -0.05) is 6.07 Å². The number of carbonyl (C=O) groups is 2. The number of carboxylic acid groups (broad SMARTS) is 1. The second-order valence-corrected chi connectivity index (χ2v) is 5.98. The lowest BCUT2D eigenvalue weighted by Gasteiger charge is -2.10. The fourth-order valence-corrected chi connectivity index (χ4v) is 3.29. The molecule has 2 rings (SSSR count). The number of pyridine rings is 1. The Morgan fingerprint density at radius 1 is 1.14 bits per heavy atom. The first-order valence-electron chi connectivity index (χ1n) is 5.86. The summed E-state index contributed by atoms with van der Waals surface area (Å²) in [5.74, 6) is -1.66. The molecule has 0 aliphatic heterocycles. The zero-order chi connectivity index (χ0) is 15.6. The van der Waals surface area contributed by atoms with Gasteiger partial charge in [-0.05, 0) is 68.6 Å². The molecule has 5 nitrogen and oxygen atoms in total. The minimum Gasteiger partial charge on any atom is -0.477 e. The van der Waals surface area contributed by atoms with Crippen LogP contribution in [0.25, 0.3) is 0 Å². The number of aromatic carboxylic acids is 1. The fraction of sp³-hybridized carbons (Fsp3) is 0.0714. The number of aryl methyl sites for hydroxylation is 1. The van der Waals surface area contributed by atoms with Gasteiger partial charge < -0.3 is 10.4 Å². The van der Waals surface area contributed by atoms with E-state index in [0.717, 1.165) is 14.5 Å². The number of hydrogen-bond donors (Lipinski definition) is 2. The number of hydrogen-bond acceptors (Lipinski definition) is 3. The Balaban J connectivity index is 2.30. The van der Waals surface area contributed by atoms with Crippen LogP contribution in [-0.4, -0.2) is 22.0 Å². The van der Waals surface area contributed by atoms with Gasteiger partial charge in [0.2, 0.25) is 0 Å². The Morgan fingerprint density at radius 3 is 2.29 bits per heavy atom. The molecule has 1 aromatic carbocycles. The monoisotopic (exact) mass is 412 g/mol. The Bertz CT molecular complexity index is 709. The van der Waals surface area contributed by atoms with Gasteiger partial charge in [-0.25, -0.2) is 9.78 Å². The molecule has 2 N–H and O–H groups in total. The Morgan fingerprint density at radius 2 is 1.71 bits per heavy atom. The number of amides is 1. The molecule has 108 valence electrons. The third-order valence-corrected chi connectivity index (χ3v) is 3.88. The first-order chi connectivity index (χ1) is 9.88. The average Bonchev–Trinajstić information content (AvgIpc) is 2.42. The van der Waals surface area contributed by atoms with E-state index in [1.165, 1.54) is 18.2 Å². The van der Waals surface area contributed by atoms with Crippen LogP contribution < -0.4 is 5.32 Å². The van der Waals surface area contributed by atoms with Crippen LogP contribution in [0.5, 0.6) is 0 Å². The van der Waals surface area contributed by atoms with E-state index in [9.17, 15) is 9.59 Å². The molecule has 1 amide bonds. The molecule has 2 aromatic rings. The van der Waals surface area contributed by atoms with Gasteiger partial charge in [-0.15, -0.1) is 0 Å². The van der Waals surface area contributed by atoms with Crippen LogP contribution in [0, 0.1) is 6.92 Å². The summed E-state index contributed by atoms with van der Waals surface area (Å²) in [5, 5.41) is 11.6. The summed E-state index contributed by atoms with van der Waals surface area (Å²) in [6.45, 7) is 1.93. The highest BCUT2D eigenvalue weighted by molar-refractivity contribution is 9.11. The molecule has 0 bridgehead atoms. The molecule has 0 spiro atoms. The Hall–Kier alpha value is -1.73. The number of benzene rings is 1. The summed E-state index contributed by atoms with van der Waals surface area (Å²) in [6.07, 6.45) is 0. The predicted octanol–water partition coefficient (Wildman–Crippen LogP) is 3.87. The highest BCUT2D eigenvalue weighted by Gasteiger charge is 2.14. The zero-order valence-electron chi connectivity index (χ0n) is 10.9. The van der Waals surface area contributed by atoms with E-state index in [-0.39, 0.29) is 11.4 Å². The van der Waals surface area contributed by atoms with Crippen LogP contribution in [0.15, 0.2) is 39.3 Å². The maximum atomic E-state index is 12.2.